The third kappa shape index (κ3) is 8.54. The zero-order chi connectivity index (χ0) is 36.7. The highest BCUT2D eigenvalue weighted by Crippen LogP contribution is 2.30. The number of carboxylic acids is 1. The Bertz CT molecular complexity index is 2230. The Kier molecular flexibility index (Phi) is 11.0. The maximum Gasteiger partial charge on any atom is 0.327 e. The maximum absolute atomic E-state index is 12.0. The van der Waals surface area contributed by atoms with E-state index in [2.05, 4.69) is 30.1 Å². The number of carboxylic acid groups (broad SMARTS) is 1. The summed E-state index contributed by atoms with van der Waals surface area (Å²) in [5, 5.41) is 18.6. The highest BCUT2D eigenvalue weighted by atomic mass is 16.5. The van der Waals surface area contributed by atoms with Crippen LogP contribution in [0.15, 0.2) is 61.2 Å². The van der Waals surface area contributed by atoms with Crippen molar-refractivity contribution in [3.8, 4) is 11.5 Å². The Morgan fingerprint density at radius 2 is 1.08 bits per heavy atom. The van der Waals surface area contributed by atoms with Crippen molar-refractivity contribution in [2.24, 2.45) is 0 Å². The molecule has 4 aromatic heterocycles. The molecule has 0 spiro atoms. The third-order valence-corrected chi connectivity index (χ3v) is 7.50. The molecule has 0 aliphatic carbocycles. The van der Waals surface area contributed by atoms with E-state index in [1.165, 1.54) is 30.3 Å². The van der Waals surface area contributed by atoms with Crippen molar-refractivity contribution >= 4 is 45.3 Å². The van der Waals surface area contributed by atoms with Gasteiger partial charge in [0.05, 0.1) is 18.1 Å². The summed E-state index contributed by atoms with van der Waals surface area (Å²) in [5.74, 6) is 0.357. The van der Waals surface area contributed by atoms with E-state index in [0.29, 0.717) is 45.0 Å². The molecule has 262 valence electrons. The minimum atomic E-state index is -1.03. The predicted molar refractivity (Wildman–Crippen MR) is 181 cm³/mol. The quantitative estimate of drug-likeness (QED) is 0.142. The first kappa shape index (κ1) is 35.7. The van der Waals surface area contributed by atoms with Crippen molar-refractivity contribution in [3.63, 3.8) is 0 Å². The van der Waals surface area contributed by atoms with E-state index in [1.54, 1.807) is 55.1 Å². The molecule has 6 rings (SSSR count). The number of ether oxygens (including phenoxy) is 3. The number of carbonyl (C=O) groups excluding carboxylic acids is 3. The minimum absolute atomic E-state index is 0.0716. The number of methoxy groups -OCH3 is 1. The number of ketones is 2. The van der Waals surface area contributed by atoms with Crippen LogP contribution in [0.2, 0.25) is 0 Å². The van der Waals surface area contributed by atoms with Crippen LogP contribution >= 0.6 is 0 Å². The molecular weight excluding hydrogens is 660 g/mol. The molecule has 51 heavy (non-hydrogen) atoms. The Labute approximate surface area is 291 Å². The van der Waals surface area contributed by atoms with Crippen LogP contribution in [0, 0.1) is 13.8 Å². The summed E-state index contributed by atoms with van der Waals surface area (Å²) < 4.78 is 19.0. The van der Waals surface area contributed by atoms with Crippen LogP contribution in [0.25, 0.3) is 21.8 Å². The van der Waals surface area contributed by atoms with Gasteiger partial charge in [0.15, 0.2) is 23.2 Å². The Morgan fingerprint density at radius 3 is 1.45 bits per heavy atom. The lowest BCUT2D eigenvalue weighted by molar-refractivity contribution is -0.141. The average molecular weight is 695 g/mol. The summed E-state index contributed by atoms with van der Waals surface area (Å²) in [4.78, 5) is 62.9. The van der Waals surface area contributed by atoms with Gasteiger partial charge < -0.3 is 19.3 Å². The van der Waals surface area contributed by atoms with Gasteiger partial charge in [-0.1, -0.05) is 0 Å². The van der Waals surface area contributed by atoms with Crippen LogP contribution in [-0.2, 0) is 40.6 Å². The summed E-state index contributed by atoms with van der Waals surface area (Å²) in [7, 11) is 1.31. The number of rotatable bonds is 12. The third-order valence-electron chi connectivity index (χ3n) is 7.50. The molecule has 0 aliphatic rings. The van der Waals surface area contributed by atoms with Crippen LogP contribution in [0.4, 0.5) is 0 Å². The van der Waals surface area contributed by atoms with E-state index in [4.69, 9.17) is 19.3 Å². The van der Waals surface area contributed by atoms with E-state index >= 15 is 0 Å². The zero-order valence-electron chi connectivity index (χ0n) is 28.5. The largest absolute Gasteiger partial charge is 0.485 e. The molecule has 0 radical (unpaired) electrons. The Hall–Kier alpha value is -6.58. The number of nitrogens with zero attached hydrogens (tertiary/aromatic N) is 8. The summed E-state index contributed by atoms with van der Waals surface area (Å²) in [6, 6.07) is 10.5. The molecule has 2 aromatic carbocycles. The fourth-order valence-corrected chi connectivity index (χ4v) is 5.09. The molecule has 1 N–H and O–H groups in total. The van der Waals surface area contributed by atoms with E-state index in [1.807, 2.05) is 19.9 Å². The summed E-state index contributed by atoms with van der Waals surface area (Å²) in [6.07, 6.45) is 6.55. The monoisotopic (exact) mass is 694 g/mol. The van der Waals surface area contributed by atoms with E-state index in [9.17, 15) is 19.2 Å². The first-order chi connectivity index (χ1) is 24.4. The minimum Gasteiger partial charge on any atom is -0.485 e. The first-order valence-corrected chi connectivity index (χ1v) is 15.5. The lowest BCUT2D eigenvalue weighted by Gasteiger charge is -2.09. The van der Waals surface area contributed by atoms with Gasteiger partial charge in [0, 0.05) is 49.4 Å². The molecule has 0 fully saturated rings. The second-order valence-corrected chi connectivity index (χ2v) is 11.3. The molecule has 0 saturated heterocycles. The number of carbonyl (C=O) groups is 4. The number of hydrogen-bond donors (Lipinski definition) is 1. The summed E-state index contributed by atoms with van der Waals surface area (Å²) >= 11 is 0. The number of Topliss-reactive ketones (excluding diaryl/α,β-unsaturated/α-hetero) is 2. The van der Waals surface area contributed by atoms with E-state index in [-0.39, 0.29) is 49.3 Å². The fraction of sp³-hybridized carbons (Fsp3) is 0.257. The number of benzene rings is 2. The molecule has 16 heteroatoms. The van der Waals surface area contributed by atoms with Crippen LogP contribution < -0.4 is 9.47 Å². The van der Waals surface area contributed by atoms with Crippen molar-refractivity contribution in [2.75, 3.05) is 7.11 Å². The van der Waals surface area contributed by atoms with Gasteiger partial charge in [-0.3, -0.25) is 28.5 Å². The molecular formula is C35H34N8O8. The highest BCUT2D eigenvalue weighted by Gasteiger charge is 2.20. The molecule has 6 aromatic rings. The fourth-order valence-electron chi connectivity index (χ4n) is 5.09. The van der Waals surface area contributed by atoms with Crippen molar-refractivity contribution < 1.29 is 38.5 Å². The highest BCUT2D eigenvalue weighted by molar-refractivity contribution is 6.06. The molecule has 0 saturated carbocycles. The lowest BCUT2D eigenvalue weighted by Crippen LogP contribution is -2.13. The van der Waals surface area contributed by atoms with Gasteiger partial charge in [-0.2, -0.15) is 10.2 Å². The number of aliphatic carboxylic acids is 1. The van der Waals surface area contributed by atoms with E-state index < -0.39 is 11.9 Å². The standard InChI is InChI=1S/C18H18N4O4.C17H16N4O4/c1-11-7-14-13(8-15(11)26-10-16-19-5-4-6-20-16)18(12(2)23)21-22(14)9-17(24)25-3;1-10-6-13-12(17(11(2)22)20-21(13)8-16(23)24)7-14(10)25-9-15-18-4-3-5-19-15/h4-8H,9-10H2,1-3H3;3-7H,8-9H2,1-2H3,(H,23,24). The molecule has 0 unspecified atom stereocenters. The second-order valence-electron chi connectivity index (χ2n) is 11.3. The number of fused-ring (bicyclic) bond motifs is 2. The normalized spacial score (nSPS) is 10.8. The van der Waals surface area contributed by atoms with Crippen molar-refractivity contribution in [1.29, 1.82) is 0 Å². The molecule has 0 atom stereocenters. The van der Waals surface area contributed by atoms with Crippen LogP contribution in [0.3, 0.4) is 0 Å². The molecule has 16 nitrogen and oxygen atoms in total. The van der Waals surface area contributed by atoms with Crippen molar-refractivity contribution in [2.45, 2.75) is 54.0 Å². The van der Waals surface area contributed by atoms with Crippen LogP contribution in [0.1, 0.15) is 57.6 Å². The van der Waals surface area contributed by atoms with Gasteiger partial charge in [-0.05, 0) is 61.4 Å². The van der Waals surface area contributed by atoms with Crippen LogP contribution in [-0.4, -0.2) is 75.2 Å². The van der Waals surface area contributed by atoms with Gasteiger partial charge in [0.1, 0.15) is 49.2 Å². The van der Waals surface area contributed by atoms with Crippen molar-refractivity contribution in [3.05, 3.63) is 95.3 Å². The number of aryl methyl sites for hydroxylation is 2. The summed E-state index contributed by atoms with van der Waals surface area (Å²) in [5.41, 5.74) is 3.39. The molecule has 0 amide bonds. The number of hydrogen-bond acceptors (Lipinski definition) is 13. The maximum atomic E-state index is 12.0. The lowest BCUT2D eigenvalue weighted by atomic mass is 10.1. The van der Waals surface area contributed by atoms with Crippen molar-refractivity contribution in [1.82, 2.24) is 39.5 Å². The molecule has 4 heterocycles. The number of aromatic nitrogens is 8. The SMILES string of the molecule is CC(=O)c1nn(CC(=O)O)c2cc(C)c(OCc3ncccn3)cc12.COC(=O)Cn1nc(C(C)=O)c2cc(OCc3ncccn3)c(C)cc21. The van der Waals surface area contributed by atoms with Gasteiger partial charge in [0.25, 0.3) is 0 Å². The van der Waals surface area contributed by atoms with Gasteiger partial charge in [-0.15, -0.1) is 0 Å². The smallest absolute Gasteiger partial charge is 0.327 e. The Morgan fingerprint density at radius 1 is 0.667 bits per heavy atom. The van der Waals surface area contributed by atoms with Crippen LogP contribution in [0.5, 0.6) is 11.5 Å². The average Bonchev–Trinajstić information content (AvgIpc) is 3.64. The molecule has 0 bridgehead atoms. The first-order valence-electron chi connectivity index (χ1n) is 15.5. The topological polar surface area (TPSA) is 203 Å². The van der Waals surface area contributed by atoms with E-state index in [0.717, 1.165) is 11.1 Å². The van der Waals surface area contributed by atoms with Gasteiger partial charge in [0.2, 0.25) is 0 Å². The zero-order valence-corrected chi connectivity index (χ0v) is 28.5. The summed E-state index contributed by atoms with van der Waals surface area (Å²) in [6.45, 7) is 6.55. The Balaban J connectivity index is 0.000000198. The van der Waals surface area contributed by atoms with Gasteiger partial charge >= 0.3 is 11.9 Å². The molecule has 0 aliphatic heterocycles. The second kappa shape index (κ2) is 15.8. The number of esters is 1. The van der Waals surface area contributed by atoms with Gasteiger partial charge in [-0.25, -0.2) is 19.9 Å². The predicted octanol–water partition coefficient (Wildman–Crippen LogP) is 4.09.